The van der Waals surface area contributed by atoms with Gasteiger partial charge in [-0.3, -0.25) is 9.78 Å². The summed E-state index contributed by atoms with van der Waals surface area (Å²) in [5.41, 5.74) is 6.53. The summed E-state index contributed by atoms with van der Waals surface area (Å²) in [6.07, 6.45) is 6.18. The summed E-state index contributed by atoms with van der Waals surface area (Å²) in [4.78, 5) is 18.3. The first-order valence-electron chi connectivity index (χ1n) is 7.30. The molecule has 1 fully saturated rings. The molecule has 0 spiro atoms. The first kappa shape index (κ1) is 16.5. The molecule has 0 aliphatic carbocycles. The molecule has 1 amide bonds. The smallest absolute Gasteiger partial charge is 0.223 e. The van der Waals surface area contributed by atoms with E-state index in [1.165, 1.54) is 0 Å². The highest BCUT2D eigenvalue weighted by Gasteiger charge is 2.28. The second kappa shape index (κ2) is 7.43. The van der Waals surface area contributed by atoms with Gasteiger partial charge in [0.2, 0.25) is 5.91 Å². The fraction of sp³-hybridized carbons (Fsp3) is 0.600. The van der Waals surface area contributed by atoms with Gasteiger partial charge < -0.3 is 10.6 Å². The van der Waals surface area contributed by atoms with E-state index in [4.69, 9.17) is 28.9 Å². The number of hydrogen-bond acceptors (Lipinski definition) is 3. The molecule has 1 saturated heterocycles. The zero-order valence-corrected chi connectivity index (χ0v) is 13.7. The molecule has 1 aromatic rings. The van der Waals surface area contributed by atoms with Crippen LogP contribution in [-0.2, 0) is 11.2 Å². The van der Waals surface area contributed by atoms with Crippen LogP contribution in [0.2, 0.25) is 10.0 Å². The second-order valence-corrected chi connectivity index (χ2v) is 6.47. The summed E-state index contributed by atoms with van der Waals surface area (Å²) in [6.45, 7) is 3.49. The third-order valence-corrected chi connectivity index (χ3v) is 4.83. The SMILES string of the molecule is CC1CCC(CN)CN1C(=O)CCc1c(Cl)cncc1Cl. The van der Waals surface area contributed by atoms with E-state index in [-0.39, 0.29) is 11.9 Å². The first-order valence-corrected chi connectivity index (χ1v) is 8.06. The predicted molar refractivity (Wildman–Crippen MR) is 85.5 cm³/mol. The molecule has 21 heavy (non-hydrogen) atoms. The number of pyridine rings is 1. The van der Waals surface area contributed by atoms with E-state index >= 15 is 0 Å². The summed E-state index contributed by atoms with van der Waals surface area (Å²) in [5.74, 6) is 0.558. The largest absolute Gasteiger partial charge is 0.340 e. The lowest BCUT2D eigenvalue weighted by atomic mass is 9.93. The average molecular weight is 330 g/mol. The van der Waals surface area contributed by atoms with E-state index in [0.717, 1.165) is 24.9 Å². The lowest BCUT2D eigenvalue weighted by molar-refractivity contribution is -0.135. The van der Waals surface area contributed by atoms with Crippen LogP contribution in [-0.4, -0.2) is 34.9 Å². The number of amides is 1. The number of hydrogen-bond donors (Lipinski definition) is 1. The minimum atomic E-state index is 0.143. The van der Waals surface area contributed by atoms with Crippen LogP contribution in [0.3, 0.4) is 0 Å². The van der Waals surface area contributed by atoms with Gasteiger partial charge in [0.1, 0.15) is 0 Å². The number of carbonyl (C=O) groups excluding carboxylic acids is 1. The Hall–Kier alpha value is -0.840. The van der Waals surface area contributed by atoms with E-state index in [9.17, 15) is 4.79 Å². The molecule has 4 nitrogen and oxygen atoms in total. The van der Waals surface area contributed by atoms with Crippen LogP contribution in [0.5, 0.6) is 0 Å². The highest BCUT2D eigenvalue weighted by Crippen LogP contribution is 2.26. The highest BCUT2D eigenvalue weighted by atomic mass is 35.5. The molecule has 6 heteroatoms. The standard InChI is InChI=1S/C15H21Cl2N3O/c1-10-2-3-11(6-18)9-20(10)15(21)5-4-12-13(16)7-19-8-14(12)17/h7-8,10-11H,2-6,9,18H2,1H3. The molecule has 0 aromatic carbocycles. The zero-order chi connectivity index (χ0) is 15.4. The number of piperidine rings is 1. The Morgan fingerprint density at radius 3 is 2.67 bits per heavy atom. The normalized spacial score (nSPS) is 22.4. The van der Waals surface area contributed by atoms with Gasteiger partial charge in [-0.1, -0.05) is 23.2 Å². The predicted octanol–water partition coefficient (Wildman–Crippen LogP) is 2.91. The van der Waals surface area contributed by atoms with Crippen LogP contribution in [0.15, 0.2) is 12.4 Å². The van der Waals surface area contributed by atoms with Crippen molar-refractivity contribution in [3.8, 4) is 0 Å². The summed E-state index contributed by atoms with van der Waals surface area (Å²) in [5, 5.41) is 1.03. The van der Waals surface area contributed by atoms with Crippen molar-refractivity contribution >= 4 is 29.1 Å². The maximum atomic E-state index is 12.4. The summed E-state index contributed by atoms with van der Waals surface area (Å²) in [7, 11) is 0. The van der Waals surface area contributed by atoms with Gasteiger partial charge in [0.05, 0.1) is 10.0 Å². The van der Waals surface area contributed by atoms with Gasteiger partial charge in [-0.25, -0.2) is 0 Å². The maximum Gasteiger partial charge on any atom is 0.223 e. The quantitative estimate of drug-likeness (QED) is 0.923. The highest BCUT2D eigenvalue weighted by molar-refractivity contribution is 6.35. The van der Waals surface area contributed by atoms with Crippen molar-refractivity contribution in [3.63, 3.8) is 0 Å². The number of likely N-dealkylation sites (tertiary alicyclic amines) is 1. The Bertz CT molecular complexity index is 489. The number of nitrogens with two attached hydrogens (primary N) is 1. The van der Waals surface area contributed by atoms with Crippen LogP contribution in [0.4, 0.5) is 0 Å². The molecule has 2 rings (SSSR count). The summed E-state index contributed by atoms with van der Waals surface area (Å²) < 4.78 is 0. The fourth-order valence-corrected chi connectivity index (χ4v) is 3.33. The molecule has 116 valence electrons. The van der Waals surface area contributed by atoms with E-state index in [0.29, 0.717) is 35.3 Å². The average Bonchev–Trinajstić information content (AvgIpc) is 2.47. The van der Waals surface area contributed by atoms with Crippen LogP contribution >= 0.6 is 23.2 Å². The Morgan fingerprint density at radius 1 is 1.38 bits per heavy atom. The van der Waals surface area contributed by atoms with E-state index in [1.54, 1.807) is 12.4 Å². The van der Waals surface area contributed by atoms with Crippen molar-refractivity contribution in [2.45, 2.75) is 38.6 Å². The summed E-state index contributed by atoms with van der Waals surface area (Å²) in [6, 6.07) is 0.281. The third kappa shape index (κ3) is 4.09. The van der Waals surface area contributed by atoms with Gasteiger partial charge in [-0.2, -0.15) is 0 Å². The van der Waals surface area contributed by atoms with E-state index in [2.05, 4.69) is 11.9 Å². The maximum absolute atomic E-state index is 12.4. The van der Waals surface area contributed by atoms with Crippen molar-refractivity contribution < 1.29 is 4.79 Å². The molecule has 0 radical (unpaired) electrons. The number of aromatic nitrogens is 1. The molecule has 2 atom stereocenters. The first-order chi connectivity index (χ1) is 10.0. The topological polar surface area (TPSA) is 59.2 Å². The van der Waals surface area contributed by atoms with Crippen LogP contribution < -0.4 is 5.73 Å². The number of nitrogens with zero attached hydrogens (tertiary/aromatic N) is 2. The van der Waals surface area contributed by atoms with Crippen molar-refractivity contribution in [1.29, 1.82) is 0 Å². The minimum absolute atomic E-state index is 0.143. The summed E-state index contributed by atoms with van der Waals surface area (Å²) >= 11 is 12.2. The molecule has 2 unspecified atom stereocenters. The van der Waals surface area contributed by atoms with Gasteiger partial charge in [-0.05, 0) is 44.2 Å². The Labute approximate surface area is 135 Å². The van der Waals surface area contributed by atoms with Crippen LogP contribution in [0.1, 0.15) is 31.7 Å². The number of carbonyl (C=O) groups is 1. The third-order valence-electron chi connectivity index (χ3n) is 4.17. The minimum Gasteiger partial charge on any atom is -0.340 e. The van der Waals surface area contributed by atoms with Crippen molar-refractivity contribution in [2.24, 2.45) is 11.7 Å². The molecular weight excluding hydrogens is 309 g/mol. The molecule has 2 N–H and O–H groups in total. The molecule has 2 heterocycles. The molecule has 1 aliphatic heterocycles. The van der Waals surface area contributed by atoms with Crippen LogP contribution in [0.25, 0.3) is 0 Å². The number of rotatable bonds is 4. The van der Waals surface area contributed by atoms with Crippen LogP contribution in [0, 0.1) is 5.92 Å². The van der Waals surface area contributed by atoms with Gasteiger partial charge in [-0.15, -0.1) is 0 Å². The lowest BCUT2D eigenvalue weighted by Gasteiger charge is -2.37. The molecular formula is C15H21Cl2N3O. The van der Waals surface area contributed by atoms with Crippen molar-refractivity contribution in [1.82, 2.24) is 9.88 Å². The fourth-order valence-electron chi connectivity index (χ4n) is 2.77. The van der Waals surface area contributed by atoms with Crippen molar-refractivity contribution in [3.05, 3.63) is 28.0 Å². The Kier molecular flexibility index (Phi) is 5.85. The van der Waals surface area contributed by atoms with Gasteiger partial charge in [0.15, 0.2) is 0 Å². The Balaban J connectivity index is 1.98. The van der Waals surface area contributed by atoms with Crippen molar-refractivity contribution in [2.75, 3.05) is 13.1 Å². The van der Waals surface area contributed by atoms with Gasteiger partial charge in [0.25, 0.3) is 0 Å². The van der Waals surface area contributed by atoms with Gasteiger partial charge >= 0.3 is 0 Å². The molecule has 1 aromatic heterocycles. The monoisotopic (exact) mass is 329 g/mol. The Morgan fingerprint density at radius 2 is 2.05 bits per heavy atom. The molecule has 1 aliphatic rings. The van der Waals surface area contributed by atoms with Gasteiger partial charge in [0, 0.05) is 31.4 Å². The van der Waals surface area contributed by atoms with E-state index < -0.39 is 0 Å². The zero-order valence-electron chi connectivity index (χ0n) is 12.2. The molecule has 0 bridgehead atoms. The van der Waals surface area contributed by atoms with E-state index in [1.807, 2.05) is 4.90 Å². The number of halogens is 2. The molecule has 0 saturated carbocycles. The second-order valence-electron chi connectivity index (χ2n) is 5.66. The lowest BCUT2D eigenvalue weighted by Crippen LogP contribution is -2.47.